The summed E-state index contributed by atoms with van der Waals surface area (Å²) < 4.78 is 17.7. The molecule has 1 aliphatic heterocycles. The zero-order valence-electron chi connectivity index (χ0n) is 50.6. The van der Waals surface area contributed by atoms with Crippen LogP contribution in [0.15, 0.2) is 12.2 Å². The maximum absolute atomic E-state index is 13.5. The molecule has 8 unspecified atom stereocenters. The Bertz CT molecular complexity index is 1300. The summed E-state index contributed by atoms with van der Waals surface area (Å²) in [6.45, 7) is 5.85. The van der Waals surface area contributed by atoms with Crippen molar-refractivity contribution >= 4 is 11.9 Å². The quantitative estimate of drug-likeness (QED) is 0.0195. The molecule has 1 rings (SSSR count). The topological polar surface area (TPSA) is 175 Å². The fourth-order valence-corrected chi connectivity index (χ4v) is 10.9. The van der Waals surface area contributed by atoms with Crippen LogP contribution in [0, 0.1) is 0 Å². The van der Waals surface area contributed by atoms with Crippen LogP contribution in [0.25, 0.3) is 0 Å². The molecule has 0 aliphatic carbocycles. The van der Waals surface area contributed by atoms with Crippen molar-refractivity contribution in [2.24, 2.45) is 0 Å². The van der Waals surface area contributed by atoms with Gasteiger partial charge in [0, 0.05) is 6.42 Å². The van der Waals surface area contributed by atoms with Gasteiger partial charge in [0.1, 0.15) is 24.4 Å². The van der Waals surface area contributed by atoms with Gasteiger partial charge in [-0.05, 0) is 25.7 Å². The van der Waals surface area contributed by atoms with Crippen LogP contribution >= 0.6 is 0 Å². The number of amides is 1. The van der Waals surface area contributed by atoms with Crippen LogP contribution in [0.4, 0.5) is 0 Å². The van der Waals surface area contributed by atoms with Crippen LogP contribution < -0.4 is 5.32 Å². The van der Waals surface area contributed by atoms with Gasteiger partial charge in [0.25, 0.3) is 0 Å². The van der Waals surface area contributed by atoms with Gasteiger partial charge in [-0.1, -0.05) is 315 Å². The van der Waals surface area contributed by atoms with Crippen LogP contribution in [0.1, 0.15) is 335 Å². The van der Waals surface area contributed by atoms with Crippen molar-refractivity contribution in [3.8, 4) is 0 Å². The van der Waals surface area contributed by atoms with E-state index in [1.54, 1.807) is 6.08 Å². The Morgan fingerprint density at radius 2 is 0.844 bits per heavy atom. The number of rotatable bonds is 58. The Balaban J connectivity index is 2.64. The number of ether oxygens (including phenoxy) is 3. The maximum atomic E-state index is 13.5. The van der Waals surface area contributed by atoms with E-state index in [9.17, 15) is 35.1 Å². The number of nitrogens with one attached hydrogen (secondary N) is 1. The van der Waals surface area contributed by atoms with Gasteiger partial charge in [0.05, 0.1) is 25.4 Å². The monoisotopic (exact) mass is 1090 g/mol. The summed E-state index contributed by atoms with van der Waals surface area (Å²) in [5, 5.41) is 57.1. The minimum absolute atomic E-state index is 0.132. The van der Waals surface area contributed by atoms with Gasteiger partial charge in [0.15, 0.2) is 12.4 Å². The van der Waals surface area contributed by atoms with Gasteiger partial charge in [-0.15, -0.1) is 0 Å². The zero-order chi connectivity index (χ0) is 56.1. The van der Waals surface area contributed by atoms with Crippen molar-refractivity contribution in [2.75, 3.05) is 13.2 Å². The zero-order valence-corrected chi connectivity index (χ0v) is 50.6. The molecule has 0 bridgehead atoms. The molecule has 0 saturated carbocycles. The van der Waals surface area contributed by atoms with E-state index >= 15 is 0 Å². The number of hydrogen-bond donors (Lipinski definition) is 6. The number of hydrogen-bond acceptors (Lipinski definition) is 10. The number of allylic oxidation sites excluding steroid dienone is 1. The fraction of sp³-hybridized carbons (Fsp3) is 0.939. The summed E-state index contributed by atoms with van der Waals surface area (Å²) in [5.41, 5.74) is 0. The summed E-state index contributed by atoms with van der Waals surface area (Å²) in [4.78, 5) is 26.6. The standard InChI is InChI=1S/C66H127NO10/c1-4-7-10-13-16-19-22-25-27-29-31-32-35-38-41-44-47-50-53-59(70)65(74)67-57(58(69)52-49-46-43-40-37-34-24-21-18-15-12-9-6-3)56-75-66-64(63(73)62(72)60(55-68)76-66)77-61(71)54-51-48-45-42-39-36-33-30-28-26-23-20-17-14-11-8-5-2/h49,52,57-60,62-64,66,68-70,72-73H,4-48,50-51,53-56H2,1-3H3,(H,67,74)/b52-49+. The largest absolute Gasteiger partial charge is 0.454 e. The number of carbonyl (C=O) groups is 2. The summed E-state index contributed by atoms with van der Waals surface area (Å²) in [6, 6.07) is -1.02. The molecule has 0 radical (unpaired) electrons. The minimum atomic E-state index is -1.61. The first-order valence-corrected chi connectivity index (χ1v) is 33.5. The van der Waals surface area contributed by atoms with Crippen molar-refractivity contribution in [1.82, 2.24) is 5.32 Å². The van der Waals surface area contributed by atoms with Crippen molar-refractivity contribution in [3.05, 3.63) is 12.2 Å². The average molecular weight is 1090 g/mol. The van der Waals surface area contributed by atoms with E-state index in [1.165, 1.54) is 231 Å². The highest BCUT2D eigenvalue weighted by Crippen LogP contribution is 2.26. The average Bonchev–Trinajstić information content (AvgIpc) is 3.43. The Hall–Kier alpha value is -1.60. The van der Waals surface area contributed by atoms with Crippen LogP contribution in [0.5, 0.6) is 0 Å². The van der Waals surface area contributed by atoms with Crippen LogP contribution in [0.3, 0.4) is 0 Å². The molecule has 1 aliphatic rings. The lowest BCUT2D eigenvalue weighted by Gasteiger charge is -2.41. The number of aliphatic hydroxyl groups excluding tert-OH is 5. The summed E-state index contributed by atoms with van der Waals surface area (Å²) in [6.07, 6.45) is 52.5. The van der Waals surface area contributed by atoms with Crippen molar-refractivity contribution in [1.29, 1.82) is 0 Å². The van der Waals surface area contributed by atoms with E-state index in [0.717, 1.165) is 57.8 Å². The third-order valence-electron chi connectivity index (χ3n) is 16.2. The Kier molecular flexibility index (Phi) is 52.4. The van der Waals surface area contributed by atoms with Gasteiger partial charge >= 0.3 is 5.97 Å². The molecule has 1 fully saturated rings. The summed E-state index contributed by atoms with van der Waals surface area (Å²) in [7, 11) is 0. The van der Waals surface area contributed by atoms with E-state index in [0.29, 0.717) is 19.3 Å². The second-order valence-corrected chi connectivity index (χ2v) is 23.6. The van der Waals surface area contributed by atoms with Gasteiger partial charge in [-0.3, -0.25) is 9.59 Å². The molecule has 1 heterocycles. The molecule has 6 N–H and O–H groups in total. The first kappa shape index (κ1) is 73.4. The molecule has 77 heavy (non-hydrogen) atoms. The van der Waals surface area contributed by atoms with Gasteiger partial charge in [0.2, 0.25) is 5.91 Å². The first-order chi connectivity index (χ1) is 37.7. The SMILES string of the molecule is CCCCCCCCCCCCC/C=C/C(O)C(COC1OC(CO)C(O)C(O)C1OC(=O)CCCCCCCCCCCCCCCCCCC)NC(=O)C(O)CCCCCCCCCCCCCCCCCCCC. The molecule has 0 aromatic carbocycles. The number of aliphatic hydroxyl groups is 5. The molecule has 0 aromatic heterocycles. The van der Waals surface area contributed by atoms with Gasteiger partial charge in [-0.25, -0.2) is 0 Å². The number of esters is 1. The van der Waals surface area contributed by atoms with Crippen LogP contribution in [0.2, 0.25) is 0 Å². The Morgan fingerprint density at radius 1 is 0.494 bits per heavy atom. The smallest absolute Gasteiger partial charge is 0.306 e. The minimum Gasteiger partial charge on any atom is -0.454 e. The summed E-state index contributed by atoms with van der Waals surface area (Å²) >= 11 is 0. The lowest BCUT2D eigenvalue weighted by molar-refractivity contribution is -0.305. The predicted octanol–water partition coefficient (Wildman–Crippen LogP) is 16.3. The Labute approximate surface area is 474 Å². The second kappa shape index (κ2) is 55.0. The van der Waals surface area contributed by atoms with E-state index in [2.05, 4.69) is 26.1 Å². The molecule has 1 saturated heterocycles. The molecule has 1 amide bonds. The molecule has 11 heteroatoms. The lowest BCUT2D eigenvalue weighted by Crippen LogP contribution is -2.61. The number of unbranched alkanes of at least 4 members (excludes halogenated alkanes) is 44. The lowest BCUT2D eigenvalue weighted by atomic mass is 9.99. The van der Waals surface area contributed by atoms with E-state index < -0.39 is 67.4 Å². The molecule has 0 aromatic rings. The van der Waals surface area contributed by atoms with Crippen LogP contribution in [-0.2, 0) is 23.8 Å². The molecule has 0 spiro atoms. The van der Waals surface area contributed by atoms with Crippen molar-refractivity contribution in [3.63, 3.8) is 0 Å². The molecule has 8 atom stereocenters. The van der Waals surface area contributed by atoms with Gasteiger partial charge < -0.3 is 45.1 Å². The highest BCUT2D eigenvalue weighted by molar-refractivity contribution is 5.80. The normalized spacial score (nSPS) is 19.0. The van der Waals surface area contributed by atoms with E-state index in [4.69, 9.17) is 14.2 Å². The number of carbonyl (C=O) groups excluding carboxylic acids is 2. The Morgan fingerprint density at radius 3 is 1.22 bits per heavy atom. The fourth-order valence-electron chi connectivity index (χ4n) is 10.9. The third kappa shape index (κ3) is 42.9. The van der Waals surface area contributed by atoms with E-state index in [1.807, 2.05) is 6.08 Å². The molecular weight excluding hydrogens is 967 g/mol. The first-order valence-electron chi connectivity index (χ1n) is 33.5. The predicted molar refractivity (Wildman–Crippen MR) is 320 cm³/mol. The highest BCUT2D eigenvalue weighted by Gasteiger charge is 2.47. The molecule has 456 valence electrons. The van der Waals surface area contributed by atoms with Crippen molar-refractivity contribution in [2.45, 2.75) is 384 Å². The third-order valence-corrected chi connectivity index (χ3v) is 16.2. The second-order valence-electron chi connectivity index (χ2n) is 23.6. The molecular formula is C66H127NO10. The molecule has 11 nitrogen and oxygen atoms in total. The summed E-state index contributed by atoms with van der Waals surface area (Å²) in [5.74, 6) is -1.17. The van der Waals surface area contributed by atoms with E-state index in [-0.39, 0.29) is 13.0 Å². The van der Waals surface area contributed by atoms with Crippen LogP contribution in [-0.4, -0.2) is 99.6 Å². The highest BCUT2D eigenvalue weighted by atomic mass is 16.7. The maximum Gasteiger partial charge on any atom is 0.306 e. The van der Waals surface area contributed by atoms with Gasteiger partial charge in [-0.2, -0.15) is 0 Å². The van der Waals surface area contributed by atoms with Crippen molar-refractivity contribution < 1.29 is 49.3 Å².